The van der Waals surface area contributed by atoms with Crippen LogP contribution in [0.3, 0.4) is 0 Å². The molecule has 3 aromatic carbocycles. The van der Waals surface area contributed by atoms with Gasteiger partial charge in [-0.15, -0.1) is 0 Å². The summed E-state index contributed by atoms with van der Waals surface area (Å²) in [6.45, 7) is 0.0672. The number of methoxy groups -OCH3 is 1. The van der Waals surface area contributed by atoms with Gasteiger partial charge in [0.2, 0.25) is 5.91 Å². The summed E-state index contributed by atoms with van der Waals surface area (Å²) < 4.78 is 58.6. The van der Waals surface area contributed by atoms with E-state index in [2.05, 4.69) is 10.0 Å². The number of ether oxygens (including phenoxy) is 3. The van der Waals surface area contributed by atoms with Crippen molar-refractivity contribution in [2.24, 2.45) is 0 Å². The molecule has 11 heteroatoms. The Balaban J connectivity index is 1.26. The van der Waals surface area contributed by atoms with Crippen molar-refractivity contribution in [3.63, 3.8) is 0 Å². The van der Waals surface area contributed by atoms with Crippen molar-refractivity contribution in [3.05, 3.63) is 83.7 Å². The molecule has 1 fully saturated rings. The molecular formula is C28H29FN2O7S. The number of hydrogen-bond donors (Lipinski definition) is 3. The van der Waals surface area contributed by atoms with Crippen molar-refractivity contribution in [2.45, 2.75) is 48.5 Å². The molecule has 206 valence electrons. The Labute approximate surface area is 226 Å². The van der Waals surface area contributed by atoms with Crippen LogP contribution < -0.4 is 19.5 Å². The number of fused-ring (bicyclic) bond motifs is 3. The van der Waals surface area contributed by atoms with Gasteiger partial charge in [-0.2, -0.15) is 0 Å². The molecule has 3 N–H and O–H groups in total. The molecule has 0 spiro atoms. The van der Waals surface area contributed by atoms with E-state index in [0.29, 0.717) is 24.4 Å². The van der Waals surface area contributed by atoms with Gasteiger partial charge in [0.15, 0.2) is 0 Å². The molecule has 0 aromatic heterocycles. The summed E-state index contributed by atoms with van der Waals surface area (Å²) in [5, 5.41) is 12.9. The van der Waals surface area contributed by atoms with Crippen LogP contribution in [0.25, 0.3) is 0 Å². The minimum absolute atomic E-state index is 0.0642. The summed E-state index contributed by atoms with van der Waals surface area (Å²) in [6, 6.07) is 16.9. The second kappa shape index (κ2) is 11.2. The molecule has 0 unspecified atom stereocenters. The third kappa shape index (κ3) is 6.00. The molecule has 9 nitrogen and oxygen atoms in total. The summed E-state index contributed by atoms with van der Waals surface area (Å²) >= 11 is 0. The predicted octanol–water partition coefficient (Wildman–Crippen LogP) is 3.34. The number of sulfonamides is 1. The molecule has 0 radical (unpaired) electrons. The second-order valence-corrected chi connectivity index (χ2v) is 11.2. The van der Waals surface area contributed by atoms with Gasteiger partial charge in [-0.1, -0.05) is 12.1 Å². The van der Waals surface area contributed by atoms with Crippen molar-refractivity contribution in [2.75, 3.05) is 18.4 Å². The van der Waals surface area contributed by atoms with Crippen molar-refractivity contribution in [1.29, 1.82) is 0 Å². The molecular weight excluding hydrogens is 527 g/mol. The highest BCUT2D eigenvalue weighted by Crippen LogP contribution is 2.47. The highest BCUT2D eigenvalue weighted by molar-refractivity contribution is 7.92. The van der Waals surface area contributed by atoms with Crippen LogP contribution in [0.15, 0.2) is 71.6 Å². The molecule has 0 saturated carbocycles. The normalized spacial score (nSPS) is 21.8. The fourth-order valence-electron chi connectivity index (χ4n) is 5.00. The summed E-state index contributed by atoms with van der Waals surface area (Å²) in [7, 11) is -2.34. The number of nitrogens with one attached hydrogen (secondary N) is 2. The van der Waals surface area contributed by atoms with Crippen molar-refractivity contribution < 1.29 is 36.9 Å². The molecule has 2 heterocycles. The first-order chi connectivity index (χ1) is 18.8. The zero-order valence-electron chi connectivity index (χ0n) is 21.2. The fraction of sp³-hybridized carbons (Fsp3) is 0.321. The smallest absolute Gasteiger partial charge is 0.261 e. The first-order valence-electron chi connectivity index (χ1n) is 12.5. The molecule has 0 aliphatic carbocycles. The maximum absolute atomic E-state index is 13.2. The van der Waals surface area contributed by atoms with E-state index in [0.717, 1.165) is 29.0 Å². The first kappa shape index (κ1) is 26.9. The van der Waals surface area contributed by atoms with Gasteiger partial charge < -0.3 is 24.6 Å². The molecule has 4 atom stereocenters. The Bertz CT molecular complexity index is 1430. The zero-order valence-corrected chi connectivity index (χ0v) is 22.0. The van der Waals surface area contributed by atoms with Crippen LogP contribution in [0.5, 0.6) is 11.5 Å². The van der Waals surface area contributed by atoms with Gasteiger partial charge in [-0.25, -0.2) is 12.8 Å². The second-order valence-electron chi connectivity index (χ2n) is 9.54. The largest absolute Gasteiger partial charge is 0.497 e. The van der Waals surface area contributed by atoms with Gasteiger partial charge in [-0.05, 0) is 66.6 Å². The maximum Gasteiger partial charge on any atom is 0.261 e. The maximum atomic E-state index is 13.2. The Morgan fingerprint density at radius 1 is 1.10 bits per heavy atom. The Morgan fingerprint density at radius 2 is 1.85 bits per heavy atom. The number of aliphatic hydroxyl groups is 1. The lowest BCUT2D eigenvalue weighted by atomic mass is 9.84. The number of anilines is 1. The fourth-order valence-corrected chi connectivity index (χ4v) is 6.05. The third-order valence-corrected chi connectivity index (χ3v) is 8.33. The Hall–Kier alpha value is -3.67. The van der Waals surface area contributed by atoms with Crippen LogP contribution in [0, 0.1) is 5.82 Å². The molecule has 1 saturated heterocycles. The van der Waals surface area contributed by atoms with E-state index in [1.807, 2.05) is 24.3 Å². The number of hydrogen-bond acceptors (Lipinski definition) is 7. The van der Waals surface area contributed by atoms with Crippen molar-refractivity contribution in [1.82, 2.24) is 5.32 Å². The average Bonchev–Trinajstić information content (AvgIpc) is 3.29. The first-order valence-corrected chi connectivity index (χ1v) is 14.0. The van der Waals surface area contributed by atoms with Gasteiger partial charge >= 0.3 is 0 Å². The van der Waals surface area contributed by atoms with E-state index in [4.69, 9.17) is 14.2 Å². The van der Waals surface area contributed by atoms with Crippen molar-refractivity contribution >= 4 is 21.6 Å². The molecule has 0 bridgehead atoms. The summed E-state index contributed by atoms with van der Waals surface area (Å²) in [5.41, 5.74) is 2.02. The van der Waals surface area contributed by atoms with E-state index in [9.17, 15) is 22.7 Å². The minimum atomic E-state index is -3.93. The Morgan fingerprint density at radius 3 is 2.54 bits per heavy atom. The number of aliphatic hydroxyl groups excluding tert-OH is 1. The van der Waals surface area contributed by atoms with Gasteiger partial charge in [-0.3, -0.25) is 9.52 Å². The number of benzene rings is 3. The summed E-state index contributed by atoms with van der Waals surface area (Å²) in [4.78, 5) is 12.6. The number of amides is 1. The molecule has 5 rings (SSSR count). The standard InChI is InChI=1S/C28H29FN2O7S/c1-36-20-7-2-17(3-8-20)15-30-27(33)14-21-13-24-23-12-19(6-11-25(23)38-28(24)26(16-32)37-21)31-39(34,35)22-9-4-18(29)5-10-22/h2-12,21,24,26,28,31-32H,13-16H2,1H3,(H,30,33)/t21-,24-,26-,28+/m0/s1. The molecule has 3 aromatic rings. The number of carbonyl (C=O) groups excluding carboxylic acids is 1. The minimum Gasteiger partial charge on any atom is -0.497 e. The van der Waals surface area contributed by atoms with E-state index in [-0.39, 0.29) is 29.7 Å². The quantitative estimate of drug-likeness (QED) is 0.370. The van der Waals surface area contributed by atoms with E-state index >= 15 is 0 Å². The van der Waals surface area contributed by atoms with Gasteiger partial charge in [0.1, 0.15) is 29.5 Å². The van der Waals surface area contributed by atoms with Crippen LogP contribution in [0.1, 0.15) is 29.9 Å². The topological polar surface area (TPSA) is 123 Å². The van der Waals surface area contributed by atoms with E-state index < -0.39 is 34.2 Å². The monoisotopic (exact) mass is 556 g/mol. The highest BCUT2D eigenvalue weighted by Gasteiger charge is 2.46. The number of halogens is 1. The lowest BCUT2D eigenvalue weighted by Gasteiger charge is -2.37. The molecule has 2 aliphatic heterocycles. The van der Waals surface area contributed by atoms with E-state index in [1.165, 1.54) is 12.1 Å². The average molecular weight is 557 g/mol. The SMILES string of the molecule is COc1ccc(CNC(=O)C[C@@H]2C[C@H]3c4cc(NS(=O)(=O)c5ccc(F)cc5)ccc4O[C@H]3[C@H](CO)O2)cc1. The predicted molar refractivity (Wildman–Crippen MR) is 141 cm³/mol. The van der Waals surface area contributed by atoms with Crippen LogP contribution >= 0.6 is 0 Å². The van der Waals surface area contributed by atoms with Crippen LogP contribution in [-0.4, -0.2) is 51.5 Å². The van der Waals surface area contributed by atoms with Crippen LogP contribution in [0.2, 0.25) is 0 Å². The van der Waals surface area contributed by atoms with Gasteiger partial charge in [0.05, 0.1) is 31.1 Å². The lowest BCUT2D eigenvalue weighted by Crippen LogP contribution is -2.47. The summed E-state index contributed by atoms with van der Waals surface area (Å²) in [6.07, 6.45) is -1.02. The van der Waals surface area contributed by atoms with Gasteiger partial charge in [0.25, 0.3) is 10.0 Å². The van der Waals surface area contributed by atoms with Gasteiger partial charge in [0, 0.05) is 23.7 Å². The number of rotatable bonds is 9. The molecule has 1 amide bonds. The summed E-state index contributed by atoms with van der Waals surface area (Å²) in [5.74, 6) is 0.375. The number of carbonyl (C=O) groups is 1. The van der Waals surface area contributed by atoms with Crippen LogP contribution in [-0.2, 0) is 26.1 Å². The third-order valence-electron chi connectivity index (χ3n) is 6.94. The van der Waals surface area contributed by atoms with Crippen molar-refractivity contribution in [3.8, 4) is 11.5 Å². The van der Waals surface area contributed by atoms with E-state index in [1.54, 1.807) is 25.3 Å². The molecule has 2 aliphatic rings. The Kier molecular flexibility index (Phi) is 7.74. The van der Waals surface area contributed by atoms with Crippen LogP contribution in [0.4, 0.5) is 10.1 Å². The zero-order chi connectivity index (χ0) is 27.6. The molecule has 39 heavy (non-hydrogen) atoms. The highest BCUT2D eigenvalue weighted by atomic mass is 32.2. The lowest BCUT2D eigenvalue weighted by molar-refractivity contribution is -0.142.